The van der Waals surface area contributed by atoms with Gasteiger partial charge in [-0.2, -0.15) is 16.1 Å². The number of sulfonamides is 1. The van der Waals surface area contributed by atoms with Crippen molar-refractivity contribution >= 4 is 39.3 Å². The van der Waals surface area contributed by atoms with Crippen molar-refractivity contribution in [1.82, 2.24) is 9.21 Å². The summed E-state index contributed by atoms with van der Waals surface area (Å²) in [5, 5.41) is 9.43. The van der Waals surface area contributed by atoms with Crippen molar-refractivity contribution in [1.29, 1.82) is 0 Å². The molecule has 1 N–H and O–H groups in total. The van der Waals surface area contributed by atoms with Gasteiger partial charge < -0.3 is 10.0 Å². The maximum Gasteiger partial charge on any atom is 0.254 e. The molecule has 0 aliphatic carbocycles. The van der Waals surface area contributed by atoms with Gasteiger partial charge in [-0.1, -0.05) is 18.5 Å². The van der Waals surface area contributed by atoms with Gasteiger partial charge in [-0.15, -0.1) is 0 Å². The number of nitrogens with zero attached hydrogens (tertiary/aromatic N) is 2. The van der Waals surface area contributed by atoms with E-state index in [-0.39, 0.29) is 28.5 Å². The Morgan fingerprint density at radius 2 is 2.14 bits per heavy atom. The lowest BCUT2D eigenvalue weighted by Crippen LogP contribution is -2.46. The molecule has 28 heavy (non-hydrogen) atoms. The van der Waals surface area contributed by atoms with Crippen LogP contribution in [0.15, 0.2) is 23.1 Å². The fourth-order valence-corrected chi connectivity index (χ4v) is 7.02. The summed E-state index contributed by atoms with van der Waals surface area (Å²) in [5.41, 5.74) is 0.322. The lowest BCUT2D eigenvalue weighted by molar-refractivity contribution is 0.0678. The number of aliphatic hydroxyl groups is 1. The van der Waals surface area contributed by atoms with Gasteiger partial charge in [0, 0.05) is 49.4 Å². The van der Waals surface area contributed by atoms with Gasteiger partial charge in [-0.3, -0.25) is 4.79 Å². The largest absolute Gasteiger partial charge is 0.396 e. The summed E-state index contributed by atoms with van der Waals surface area (Å²) in [4.78, 5) is 14.8. The Hall–Kier alpha value is -0.800. The van der Waals surface area contributed by atoms with Crippen molar-refractivity contribution in [3.63, 3.8) is 0 Å². The van der Waals surface area contributed by atoms with Gasteiger partial charge in [0.05, 0.1) is 5.02 Å². The van der Waals surface area contributed by atoms with E-state index >= 15 is 0 Å². The number of hydrogen-bond donors (Lipinski definition) is 1. The summed E-state index contributed by atoms with van der Waals surface area (Å²) >= 11 is 8.00. The predicted octanol–water partition coefficient (Wildman–Crippen LogP) is 2.70. The van der Waals surface area contributed by atoms with E-state index in [9.17, 15) is 18.3 Å². The van der Waals surface area contributed by atoms with Crippen molar-refractivity contribution in [2.75, 3.05) is 37.7 Å². The van der Waals surface area contributed by atoms with Crippen LogP contribution in [0.25, 0.3) is 0 Å². The van der Waals surface area contributed by atoms with Gasteiger partial charge in [-0.05, 0) is 43.4 Å². The topological polar surface area (TPSA) is 77.9 Å². The van der Waals surface area contributed by atoms with Gasteiger partial charge in [-0.25, -0.2) is 8.42 Å². The zero-order valence-corrected chi connectivity index (χ0v) is 18.4. The summed E-state index contributed by atoms with van der Waals surface area (Å²) in [6.45, 7) is 3.59. The Kier molecular flexibility index (Phi) is 7.31. The minimum Gasteiger partial charge on any atom is -0.396 e. The first-order chi connectivity index (χ1) is 13.3. The molecule has 2 aliphatic heterocycles. The van der Waals surface area contributed by atoms with Crippen LogP contribution in [0.2, 0.25) is 5.02 Å². The molecule has 1 aromatic carbocycles. The normalized spacial score (nSPS) is 24.3. The monoisotopic (exact) mass is 446 g/mol. The minimum atomic E-state index is -3.75. The van der Waals surface area contributed by atoms with E-state index in [1.54, 1.807) is 22.7 Å². The van der Waals surface area contributed by atoms with Crippen molar-refractivity contribution in [2.24, 2.45) is 5.92 Å². The molecule has 1 amide bonds. The van der Waals surface area contributed by atoms with Crippen molar-refractivity contribution < 1.29 is 18.3 Å². The number of piperidine rings is 1. The fraction of sp³-hybridized carbons (Fsp3) is 0.632. The first-order valence-electron chi connectivity index (χ1n) is 9.64. The molecule has 0 unspecified atom stereocenters. The highest BCUT2D eigenvalue weighted by atomic mass is 35.5. The first kappa shape index (κ1) is 21.9. The lowest BCUT2D eigenvalue weighted by Gasteiger charge is -2.35. The Morgan fingerprint density at radius 3 is 2.86 bits per heavy atom. The second-order valence-corrected chi connectivity index (χ2v) is 11.0. The highest BCUT2D eigenvalue weighted by molar-refractivity contribution is 7.99. The SMILES string of the molecule is C[C@@H]1CCCN(S(=O)(=O)c2cc(C(=O)N3CCSC[C@@H]3CCO)ccc2Cl)C1. The summed E-state index contributed by atoms with van der Waals surface area (Å²) in [7, 11) is -3.75. The Bertz CT molecular complexity index is 816. The number of thioether (sulfide) groups is 1. The number of amides is 1. The van der Waals surface area contributed by atoms with Crippen LogP contribution in [0.1, 0.15) is 36.5 Å². The van der Waals surface area contributed by atoms with Gasteiger partial charge in [0.1, 0.15) is 4.90 Å². The molecular formula is C19H27ClN2O4S2. The third-order valence-electron chi connectivity index (χ3n) is 5.37. The third kappa shape index (κ3) is 4.67. The summed E-state index contributed by atoms with van der Waals surface area (Å²) in [6, 6.07) is 4.45. The van der Waals surface area contributed by atoms with E-state index in [1.165, 1.54) is 16.4 Å². The van der Waals surface area contributed by atoms with E-state index in [0.29, 0.717) is 37.5 Å². The maximum atomic E-state index is 13.2. The lowest BCUT2D eigenvalue weighted by atomic mass is 10.0. The molecule has 0 aromatic heterocycles. The second-order valence-electron chi connectivity index (χ2n) is 7.50. The van der Waals surface area contributed by atoms with Crippen LogP contribution >= 0.6 is 23.4 Å². The van der Waals surface area contributed by atoms with Crippen LogP contribution < -0.4 is 0 Å². The van der Waals surface area contributed by atoms with Crippen molar-refractivity contribution in [3.8, 4) is 0 Å². The number of aliphatic hydroxyl groups excluding tert-OH is 1. The number of carbonyl (C=O) groups is 1. The molecule has 2 atom stereocenters. The zero-order valence-electron chi connectivity index (χ0n) is 16.0. The molecule has 0 saturated carbocycles. The van der Waals surface area contributed by atoms with Crippen molar-refractivity contribution in [3.05, 3.63) is 28.8 Å². The number of hydrogen-bond acceptors (Lipinski definition) is 5. The molecule has 2 heterocycles. The van der Waals surface area contributed by atoms with E-state index in [1.807, 2.05) is 6.92 Å². The Labute approximate surface area is 176 Å². The van der Waals surface area contributed by atoms with Gasteiger partial charge in [0.25, 0.3) is 5.91 Å². The number of rotatable bonds is 5. The average Bonchev–Trinajstić information content (AvgIpc) is 2.68. The van der Waals surface area contributed by atoms with Crippen molar-refractivity contribution in [2.45, 2.75) is 37.1 Å². The Balaban J connectivity index is 1.89. The fourth-order valence-electron chi connectivity index (χ4n) is 3.81. The smallest absolute Gasteiger partial charge is 0.254 e. The number of carbonyl (C=O) groups excluding carboxylic acids is 1. The molecule has 2 saturated heterocycles. The summed E-state index contributed by atoms with van der Waals surface area (Å²) in [6.07, 6.45) is 2.35. The molecule has 0 bridgehead atoms. The summed E-state index contributed by atoms with van der Waals surface area (Å²) in [5.74, 6) is 1.70. The van der Waals surface area contributed by atoms with Crippen LogP contribution in [0.3, 0.4) is 0 Å². The average molecular weight is 447 g/mol. The van der Waals surface area contributed by atoms with E-state index in [2.05, 4.69) is 0 Å². The molecule has 6 nitrogen and oxygen atoms in total. The molecule has 3 rings (SSSR count). The Morgan fingerprint density at radius 1 is 1.36 bits per heavy atom. The van der Waals surface area contributed by atoms with Gasteiger partial charge in [0.15, 0.2) is 0 Å². The molecule has 9 heteroatoms. The molecule has 2 fully saturated rings. The van der Waals surface area contributed by atoms with Crippen LogP contribution in [0.5, 0.6) is 0 Å². The standard InChI is InChI=1S/C19H27ClN2O4S2/c1-14-3-2-7-21(12-14)28(25,26)18-11-15(4-5-17(18)20)19(24)22-8-10-27-13-16(22)6-9-23/h4-5,11,14,16,23H,2-3,6-10,12-13H2,1H3/t14-,16+/m1/s1. The van der Waals surface area contributed by atoms with Crippen LogP contribution in [-0.4, -0.2) is 72.4 Å². The molecular weight excluding hydrogens is 420 g/mol. The highest BCUT2D eigenvalue weighted by Crippen LogP contribution is 2.30. The minimum absolute atomic E-state index is 0.000732. The molecule has 0 spiro atoms. The summed E-state index contributed by atoms with van der Waals surface area (Å²) < 4.78 is 27.8. The molecule has 1 aromatic rings. The first-order valence-corrected chi connectivity index (χ1v) is 12.6. The molecule has 2 aliphatic rings. The third-order valence-corrected chi connectivity index (χ3v) is 8.80. The zero-order chi connectivity index (χ0) is 20.3. The highest BCUT2D eigenvalue weighted by Gasteiger charge is 2.32. The van der Waals surface area contributed by atoms with E-state index in [0.717, 1.165) is 24.3 Å². The van der Waals surface area contributed by atoms with Crippen LogP contribution in [0.4, 0.5) is 0 Å². The van der Waals surface area contributed by atoms with E-state index in [4.69, 9.17) is 11.6 Å². The van der Waals surface area contributed by atoms with Crippen LogP contribution in [-0.2, 0) is 10.0 Å². The van der Waals surface area contributed by atoms with Gasteiger partial charge >= 0.3 is 0 Å². The second kappa shape index (κ2) is 9.34. The quantitative estimate of drug-likeness (QED) is 0.752. The van der Waals surface area contributed by atoms with E-state index < -0.39 is 10.0 Å². The molecule has 156 valence electrons. The van der Waals surface area contributed by atoms with Crippen LogP contribution in [0, 0.1) is 5.92 Å². The maximum absolute atomic E-state index is 13.2. The predicted molar refractivity (Wildman–Crippen MR) is 112 cm³/mol. The number of benzene rings is 1. The number of halogens is 1. The van der Waals surface area contributed by atoms with Gasteiger partial charge in [0.2, 0.25) is 10.0 Å². The molecule has 0 radical (unpaired) electrons.